The number of anilines is 1. The largest absolute Gasteiger partial charge is 0.466 e. The Labute approximate surface area is 119 Å². The molecule has 0 saturated carbocycles. The van der Waals surface area contributed by atoms with Crippen molar-refractivity contribution in [2.75, 3.05) is 18.1 Å². The SMILES string of the molecule is CCOC(=O)CCS(=O)(=O)NC(C)c1ccc(N)cc1. The molecular formula is C13H20N2O4S. The molecule has 0 aliphatic carbocycles. The number of ether oxygens (including phenoxy) is 1. The number of sulfonamides is 1. The van der Waals surface area contributed by atoms with Crippen molar-refractivity contribution in [1.82, 2.24) is 4.72 Å². The maximum atomic E-state index is 11.8. The van der Waals surface area contributed by atoms with Crippen LogP contribution in [0.1, 0.15) is 31.9 Å². The van der Waals surface area contributed by atoms with E-state index in [4.69, 9.17) is 10.5 Å². The predicted molar refractivity (Wildman–Crippen MR) is 77.4 cm³/mol. The molecule has 0 spiro atoms. The van der Waals surface area contributed by atoms with E-state index in [1.807, 2.05) is 0 Å². The van der Waals surface area contributed by atoms with Gasteiger partial charge in [0.1, 0.15) is 0 Å². The lowest BCUT2D eigenvalue weighted by atomic mass is 10.1. The van der Waals surface area contributed by atoms with Crippen LogP contribution in [0.25, 0.3) is 0 Å². The Balaban J connectivity index is 2.57. The third-order valence-electron chi connectivity index (χ3n) is 2.67. The highest BCUT2D eigenvalue weighted by atomic mass is 32.2. The Morgan fingerprint density at radius 3 is 2.50 bits per heavy atom. The Kier molecular flexibility index (Phi) is 5.97. The Hall–Kier alpha value is -1.60. The van der Waals surface area contributed by atoms with Crippen LogP contribution in [0, 0.1) is 0 Å². The molecule has 3 N–H and O–H groups in total. The van der Waals surface area contributed by atoms with Gasteiger partial charge in [0.15, 0.2) is 0 Å². The van der Waals surface area contributed by atoms with Crippen LogP contribution in [0.3, 0.4) is 0 Å². The summed E-state index contributed by atoms with van der Waals surface area (Å²) in [6, 6.07) is 6.54. The molecule has 112 valence electrons. The van der Waals surface area contributed by atoms with E-state index >= 15 is 0 Å². The number of nitrogens with two attached hydrogens (primary N) is 1. The van der Waals surface area contributed by atoms with Crippen LogP contribution >= 0.6 is 0 Å². The molecule has 0 bridgehead atoms. The minimum absolute atomic E-state index is 0.155. The van der Waals surface area contributed by atoms with Gasteiger partial charge in [0.2, 0.25) is 10.0 Å². The van der Waals surface area contributed by atoms with Crippen LogP contribution in [0.4, 0.5) is 5.69 Å². The standard InChI is InChI=1S/C13H20N2O4S/c1-3-19-13(16)8-9-20(17,18)15-10(2)11-4-6-12(14)7-5-11/h4-7,10,15H,3,8-9,14H2,1-2H3. The summed E-state index contributed by atoms with van der Waals surface area (Å²) in [6.45, 7) is 3.65. The van der Waals surface area contributed by atoms with Gasteiger partial charge in [-0.3, -0.25) is 4.79 Å². The molecule has 1 aromatic rings. The fraction of sp³-hybridized carbons (Fsp3) is 0.462. The number of esters is 1. The van der Waals surface area contributed by atoms with Crippen molar-refractivity contribution in [1.29, 1.82) is 0 Å². The van der Waals surface area contributed by atoms with E-state index in [0.717, 1.165) is 5.56 Å². The third kappa shape index (κ3) is 5.58. The zero-order valence-electron chi connectivity index (χ0n) is 11.6. The van der Waals surface area contributed by atoms with Crippen molar-refractivity contribution >= 4 is 21.7 Å². The fourth-order valence-electron chi connectivity index (χ4n) is 1.63. The predicted octanol–water partition coefficient (Wildman–Crippen LogP) is 1.20. The molecule has 0 fully saturated rings. The highest BCUT2D eigenvalue weighted by molar-refractivity contribution is 7.89. The highest BCUT2D eigenvalue weighted by Crippen LogP contribution is 2.15. The molecule has 0 radical (unpaired) electrons. The lowest BCUT2D eigenvalue weighted by molar-refractivity contribution is -0.142. The van der Waals surface area contributed by atoms with Crippen molar-refractivity contribution < 1.29 is 17.9 Å². The first-order chi connectivity index (χ1) is 9.34. The van der Waals surface area contributed by atoms with Crippen LogP contribution in [0.2, 0.25) is 0 Å². The van der Waals surface area contributed by atoms with E-state index < -0.39 is 16.0 Å². The molecule has 7 heteroatoms. The van der Waals surface area contributed by atoms with Crippen molar-refractivity contribution in [3.63, 3.8) is 0 Å². The van der Waals surface area contributed by atoms with Gasteiger partial charge in [-0.25, -0.2) is 13.1 Å². The quantitative estimate of drug-likeness (QED) is 0.582. The second-order valence-corrected chi connectivity index (χ2v) is 6.25. The number of nitrogen functional groups attached to an aromatic ring is 1. The van der Waals surface area contributed by atoms with Gasteiger partial charge in [-0.2, -0.15) is 0 Å². The number of benzene rings is 1. The van der Waals surface area contributed by atoms with Gasteiger partial charge in [-0.05, 0) is 31.5 Å². The van der Waals surface area contributed by atoms with Crippen molar-refractivity contribution in [2.45, 2.75) is 26.3 Å². The molecule has 0 aliphatic rings. The number of hydrogen-bond acceptors (Lipinski definition) is 5. The molecule has 1 atom stereocenters. The van der Waals surface area contributed by atoms with E-state index in [1.165, 1.54) is 0 Å². The molecule has 0 heterocycles. The van der Waals surface area contributed by atoms with Gasteiger partial charge in [-0.15, -0.1) is 0 Å². The monoisotopic (exact) mass is 300 g/mol. The Bertz CT molecular complexity index is 540. The average Bonchev–Trinajstić information content (AvgIpc) is 2.37. The van der Waals surface area contributed by atoms with Gasteiger partial charge in [0.25, 0.3) is 0 Å². The van der Waals surface area contributed by atoms with Gasteiger partial charge in [0, 0.05) is 11.7 Å². The summed E-state index contributed by atoms with van der Waals surface area (Å²) in [4.78, 5) is 11.2. The normalized spacial score (nSPS) is 12.9. The molecule has 20 heavy (non-hydrogen) atoms. The highest BCUT2D eigenvalue weighted by Gasteiger charge is 2.17. The maximum Gasteiger partial charge on any atom is 0.306 e. The lowest BCUT2D eigenvalue weighted by Crippen LogP contribution is -2.30. The summed E-state index contributed by atoms with van der Waals surface area (Å²) in [5, 5.41) is 0. The summed E-state index contributed by atoms with van der Waals surface area (Å²) in [5.74, 6) is -0.802. The summed E-state index contributed by atoms with van der Waals surface area (Å²) in [5.41, 5.74) is 6.99. The van der Waals surface area contributed by atoms with Crippen molar-refractivity contribution in [3.8, 4) is 0 Å². The molecule has 0 aromatic heterocycles. The van der Waals surface area contributed by atoms with Gasteiger partial charge in [-0.1, -0.05) is 12.1 Å². The molecule has 0 amide bonds. The zero-order chi connectivity index (χ0) is 15.2. The van der Waals surface area contributed by atoms with E-state index in [2.05, 4.69) is 4.72 Å². The summed E-state index contributed by atoms with van der Waals surface area (Å²) in [7, 11) is -3.53. The number of rotatable bonds is 7. The third-order valence-corrected chi connectivity index (χ3v) is 4.13. The van der Waals surface area contributed by atoms with Crippen LogP contribution in [0.5, 0.6) is 0 Å². The number of nitrogens with one attached hydrogen (secondary N) is 1. The topological polar surface area (TPSA) is 98.5 Å². The van der Waals surface area contributed by atoms with Crippen LogP contribution in [-0.2, 0) is 19.6 Å². The molecule has 6 nitrogen and oxygen atoms in total. The maximum absolute atomic E-state index is 11.8. The second-order valence-electron chi connectivity index (χ2n) is 4.38. The first-order valence-corrected chi connectivity index (χ1v) is 8.00. The van der Waals surface area contributed by atoms with Crippen LogP contribution in [0.15, 0.2) is 24.3 Å². The minimum Gasteiger partial charge on any atom is -0.466 e. The molecule has 1 rings (SSSR count). The number of carbonyl (C=O) groups is 1. The molecule has 0 saturated heterocycles. The first kappa shape index (κ1) is 16.5. The van der Waals surface area contributed by atoms with Crippen molar-refractivity contribution in [3.05, 3.63) is 29.8 Å². The van der Waals surface area contributed by atoms with Gasteiger partial charge >= 0.3 is 5.97 Å². The van der Waals surface area contributed by atoms with Gasteiger partial charge in [0.05, 0.1) is 18.8 Å². The van der Waals surface area contributed by atoms with Crippen LogP contribution in [-0.4, -0.2) is 26.7 Å². The summed E-state index contributed by atoms with van der Waals surface area (Å²) >= 11 is 0. The van der Waals surface area contributed by atoms with E-state index in [9.17, 15) is 13.2 Å². The molecule has 1 unspecified atom stereocenters. The van der Waals surface area contributed by atoms with Crippen molar-refractivity contribution in [2.24, 2.45) is 0 Å². The zero-order valence-corrected chi connectivity index (χ0v) is 12.4. The molecule has 1 aromatic carbocycles. The number of hydrogen-bond donors (Lipinski definition) is 2. The number of carbonyl (C=O) groups excluding carboxylic acids is 1. The molecular weight excluding hydrogens is 280 g/mol. The summed E-state index contributed by atoms with van der Waals surface area (Å²) < 4.78 is 30.9. The smallest absolute Gasteiger partial charge is 0.306 e. The Morgan fingerprint density at radius 2 is 1.95 bits per heavy atom. The van der Waals surface area contributed by atoms with E-state index in [1.54, 1.807) is 38.1 Å². The second kappa shape index (κ2) is 7.25. The van der Waals surface area contributed by atoms with Crippen LogP contribution < -0.4 is 10.5 Å². The molecule has 0 aliphatic heterocycles. The first-order valence-electron chi connectivity index (χ1n) is 6.35. The average molecular weight is 300 g/mol. The fourth-order valence-corrected chi connectivity index (χ4v) is 2.86. The van der Waals surface area contributed by atoms with E-state index in [-0.39, 0.29) is 24.8 Å². The van der Waals surface area contributed by atoms with Gasteiger partial charge < -0.3 is 10.5 Å². The minimum atomic E-state index is -3.53. The Morgan fingerprint density at radius 1 is 1.35 bits per heavy atom. The lowest BCUT2D eigenvalue weighted by Gasteiger charge is -2.14. The summed E-state index contributed by atoms with van der Waals surface area (Å²) in [6.07, 6.45) is -0.155. The van der Waals surface area contributed by atoms with E-state index in [0.29, 0.717) is 5.69 Å².